The van der Waals surface area contributed by atoms with Crippen molar-refractivity contribution in [1.29, 1.82) is 0 Å². The van der Waals surface area contributed by atoms with Gasteiger partial charge in [0.25, 0.3) is 0 Å². The van der Waals surface area contributed by atoms with Crippen LogP contribution in [0, 0.1) is 0 Å². The summed E-state index contributed by atoms with van der Waals surface area (Å²) in [6, 6.07) is 72.4. The molecule has 98 heavy (non-hydrogen) atoms. The van der Waals surface area contributed by atoms with Crippen LogP contribution in [0.3, 0.4) is 0 Å². The van der Waals surface area contributed by atoms with Crippen LogP contribution in [0.15, 0.2) is 182 Å². The number of hydrogen-bond acceptors (Lipinski definition) is 5. The van der Waals surface area contributed by atoms with Gasteiger partial charge in [0, 0.05) is 91.4 Å². The zero-order chi connectivity index (χ0) is 68.2. The number of nitrogens with zero attached hydrogens (tertiary/aromatic N) is 2. The first kappa shape index (κ1) is 63.5. The average molecular weight is 1320 g/mol. The van der Waals surface area contributed by atoms with E-state index in [2.05, 4.69) is 308 Å². The molecule has 12 aromatic rings. The minimum atomic E-state index is -0.00825. The Labute approximate surface area is 592 Å². The maximum atomic E-state index is 4.34. The molecule has 494 valence electrons. The van der Waals surface area contributed by atoms with Crippen molar-refractivity contribution in [2.75, 3.05) is 15.1 Å². The predicted octanol–water partition coefficient (Wildman–Crippen LogP) is 25.5. The van der Waals surface area contributed by atoms with E-state index in [-0.39, 0.29) is 43.3 Å². The number of rotatable bonds is 8. The van der Waals surface area contributed by atoms with E-state index in [0.717, 1.165) is 61.4 Å². The summed E-state index contributed by atoms with van der Waals surface area (Å²) in [4.78, 5) is 5.36. The Hall–Kier alpha value is -7.90. The summed E-state index contributed by atoms with van der Waals surface area (Å²) in [6.45, 7) is 39.7. The monoisotopic (exact) mass is 1320 g/mol. The highest BCUT2D eigenvalue weighted by Crippen LogP contribution is 2.57. The third-order valence-electron chi connectivity index (χ3n) is 25.3. The Bertz CT molecular complexity index is 5310. The standard InChI is InChI=1S/C92H96BN3S2/c1-85(2)37-39-87(5,6)69-46-57(29-34-67(69)85)94-76-36-33-64-65-51-71-74(92(15,16)44-41-89(71,9)10)54-81(65)98-84(64)82(76)66-47-61(95(58-26-22-25-56(45-58)55-23-18-17-19-24-55)60-30-32-63-62-27-20-21-28-79(62)97-80(63)50-60)49-78-83(66)93-75-52-72-73(91(13,14)43-42-90(72,11)12)53-77(75)96(78)59-31-35-68-70(48-59)88(7,8)40-38-86(68,3)4/h17-36,45-54,93-94H,37-44H2,1-16H3. The van der Waals surface area contributed by atoms with Gasteiger partial charge in [-0.25, -0.2) is 0 Å². The van der Waals surface area contributed by atoms with E-state index in [1.807, 2.05) is 22.7 Å². The van der Waals surface area contributed by atoms with Gasteiger partial charge in [-0.1, -0.05) is 207 Å². The van der Waals surface area contributed by atoms with E-state index >= 15 is 0 Å². The number of benzene rings is 10. The van der Waals surface area contributed by atoms with Crippen LogP contribution in [-0.2, 0) is 43.3 Å². The van der Waals surface area contributed by atoms with Crippen molar-refractivity contribution in [1.82, 2.24) is 0 Å². The third-order valence-corrected chi connectivity index (χ3v) is 27.6. The van der Waals surface area contributed by atoms with E-state index in [9.17, 15) is 0 Å². The van der Waals surface area contributed by atoms with E-state index < -0.39 is 0 Å². The minimum absolute atomic E-state index is 0.00476. The molecule has 0 saturated heterocycles. The van der Waals surface area contributed by atoms with Crippen molar-refractivity contribution in [3.05, 3.63) is 226 Å². The van der Waals surface area contributed by atoms with Gasteiger partial charge in [0.1, 0.15) is 0 Å². The first-order chi connectivity index (χ1) is 46.5. The van der Waals surface area contributed by atoms with Crippen molar-refractivity contribution in [3.63, 3.8) is 0 Å². The fraction of sp³-hybridized carbons (Fsp3) is 0.348. The molecular weight excluding hydrogens is 1220 g/mol. The first-order valence-electron chi connectivity index (χ1n) is 36.6. The second-order valence-electron chi connectivity index (χ2n) is 35.6. The third kappa shape index (κ3) is 10.1. The summed E-state index contributed by atoms with van der Waals surface area (Å²) in [5.41, 5.74) is 29.3. The largest absolute Gasteiger partial charge is 0.355 e. The average Bonchev–Trinajstić information content (AvgIpc) is 1.43. The molecular formula is C92H96BN3S2. The lowest BCUT2D eigenvalue weighted by Crippen LogP contribution is -2.44. The molecule has 0 unspecified atom stereocenters. The van der Waals surface area contributed by atoms with Crippen LogP contribution >= 0.6 is 22.7 Å². The summed E-state index contributed by atoms with van der Waals surface area (Å²) >= 11 is 3.91. The van der Waals surface area contributed by atoms with Gasteiger partial charge < -0.3 is 15.1 Å². The zero-order valence-electron chi connectivity index (χ0n) is 60.9. The maximum absolute atomic E-state index is 4.34. The van der Waals surface area contributed by atoms with Crippen LogP contribution in [0.4, 0.5) is 45.5 Å². The molecule has 0 fully saturated rings. The van der Waals surface area contributed by atoms with Crippen LogP contribution in [0.5, 0.6) is 0 Å². The Kier molecular flexibility index (Phi) is 14.1. The van der Waals surface area contributed by atoms with Gasteiger partial charge in [-0.05, 0) is 252 Å². The van der Waals surface area contributed by atoms with Crippen molar-refractivity contribution in [2.45, 2.75) is 205 Å². The van der Waals surface area contributed by atoms with Crippen LogP contribution < -0.4 is 26.0 Å². The lowest BCUT2D eigenvalue weighted by molar-refractivity contribution is 0.332. The SMILES string of the molecule is CC1(C)CCC(C)(C)c2cc(Nc3ccc4c(sc5cc6c(cc54)C(C)(C)CCC6(C)C)c3-c3cc(N(c4cccc(-c5ccccc5)c4)c4ccc5c(c4)sc4ccccc45)cc4c3Bc3cc5c(cc3N4c3ccc4c(c3)C(C)(C)CCC4(C)C)C(C)(C)CCC5(C)C)ccc21. The molecule has 0 saturated carbocycles. The van der Waals surface area contributed by atoms with Crippen molar-refractivity contribution >= 4 is 127 Å². The van der Waals surface area contributed by atoms with Crippen molar-refractivity contribution in [3.8, 4) is 22.3 Å². The van der Waals surface area contributed by atoms with Gasteiger partial charge in [0.2, 0.25) is 0 Å². The quantitative estimate of drug-likeness (QED) is 0.153. The first-order valence-corrected chi connectivity index (χ1v) is 38.2. The highest BCUT2D eigenvalue weighted by Gasteiger charge is 2.44. The summed E-state index contributed by atoms with van der Waals surface area (Å²) in [5, 5.41) is 9.63. The molecule has 3 heterocycles. The van der Waals surface area contributed by atoms with E-state index in [4.69, 9.17) is 0 Å². The molecule has 1 N–H and O–H groups in total. The normalized spacial score (nSPS) is 19.2. The van der Waals surface area contributed by atoms with Crippen LogP contribution in [0.2, 0.25) is 0 Å². The van der Waals surface area contributed by atoms with Gasteiger partial charge >= 0.3 is 0 Å². The minimum Gasteiger partial charge on any atom is -0.355 e. The van der Waals surface area contributed by atoms with Gasteiger partial charge in [-0.2, -0.15) is 0 Å². The van der Waals surface area contributed by atoms with Crippen LogP contribution in [-0.4, -0.2) is 7.28 Å². The van der Waals surface area contributed by atoms with Gasteiger partial charge in [-0.15, -0.1) is 22.7 Å². The second-order valence-corrected chi connectivity index (χ2v) is 37.7. The molecule has 4 aliphatic carbocycles. The van der Waals surface area contributed by atoms with E-state index in [1.54, 1.807) is 0 Å². The molecule has 17 rings (SSSR count). The Morgan fingerprint density at radius 2 is 0.888 bits per heavy atom. The van der Waals surface area contributed by atoms with Gasteiger partial charge in [0.05, 0.1) is 0 Å². The number of thiophene rings is 2. The molecule has 1 aliphatic heterocycles. The van der Waals surface area contributed by atoms with Gasteiger partial charge in [0.15, 0.2) is 7.28 Å². The number of anilines is 8. The van der Waals surface area contributed by atoms with E-state index in [1.165, 1.54) is 161 Å². The maximum Gasteiger partial charge on any atom is 0.198 e. The van der Waals surface area contributed by atoms with Crippen LogP contribution in [0.25, 0.3) is 62.6 Å². The summed E-state index contributed by atoms with van der Waals surface area (Å²) in [6.07, 6.45) is 9.28. The van der Waals surface area contributed by atoms with Gasteiger partial charge in [-0.3, -0.25) is 0 Å². The molecule has 5 aliphatic rings. The molecule has 10 aromatic carbocycles. The van der Waals surface area contributed by atoms with Crippen LogP contribution in [0.1, 0.15) is 207 Å². The fourth-order valence-electron chi connectivity index (χ4n) is 18.5. The molecule has 3 nitrogen and oxygen atoms in total. The summed E-state index contributed by atoms with van der Waals surface area (Å²) in [5.74, 6) is 0. The Balaban J connectivity index is 1.02. The topological polar surface area (TPSA) is 18.5 Å². The Morgan fingerprint density at radius 1 is 0.357 bits per heavy atom. The zero-order valence-corrected chi connectivity index (χ0v) is 62.5. The van der Waals surface area contributed by atoms with E-state index in [0.29, 0.717) is 0 Å². The smallest absolute Gasteiger partial charge is 0.198 e. The molecule has 6 heteroatoms. The molecule has 0 spiro atoms. The predicted molar refractivity (Wildman–Crippen MR) is 430 cm³/mol. The highest BCUT2D eigenvalue weighted by atomic mass is 32.1. The summed E-state index contributed by atoms with van der Waals surface area (Å²) in [7, 11) is 0.779. The molecule has 0 bridgehead atoms. The lowest BCUT2D eigenvalue weighted by atomic mass is 9.55. The second kappa shape index (κ2) is 21.8. The summed E-state index contributed by atoms with van der Waals surface area (Å²) < 4.78 is 5.28. The number of fused-ring (bicyclic) bond motifs is 12. The molecule has 0 amide bonds. The Morgan fingerprint density at radius 3 is 1.56 bits per heavy atom. The molecule has 0 atom stereocenters. The number of hydrogen-bond donors (Lipinski definition) is 1. The fourth-order valence-corrected chi connectivity index (χ4v) is 21.0. The van der Waals surface area contributed by atoms with Crippen molar-refractivity contribution < 1.29 is 0 Å². The molecule has 2 aromatic heterocycles. The lowest BCUT2D eigenvalue weighted by Gasteiger charge is -2.45. The highest BCUT2D eigenvalue weighted by molar-refractivity contribution is 7.26. The molecule has 0 radical (unpaired) electrons. The number of nitrogens with one attached hydrogen (secondary N) is 1. The van der Waals surface area contributed by atoms with Crippen molar-refractivity contribution in [2.24, 2.45) is 0 Å².